The lowest BCUT2D eigenvalue weighted by Crippen LogP contribution is -2.02. The number of thiophene rings is 2. The SMILES string of the molecule is CCOC(=O)c1cc2c(C(=O)OC)csc2s1. The molecular formula is C11H10O4S2. The molecule has 6 heteroatoms. The van der Waals surface area contributed by atoms with Gasteiger partial charge in [0.05, 0.1) is 23.3 Å². The van der Waals surface area contributed by atoms with Crippen LogP contribution in [0.1, 0.15) is 27.0 Å². The van der Waals surface area contributed by atoms with E-state index in [1.807, 2.05) is 0 Å². The van der Waals surface area contributed by atoms with E-state index in [2.05, 4.69) is 4.74 Å². The van der Waals surface area contributed by atoms with Crippen LogP contribution in [-0.4, -0.2) is 25.7 Å². The molecule has 0 fully saturated rings. The van der Waals surface area contributed by atoms with Crippen LogP contribution in [0.4, 0.5) is 0 Å². The summed E-state index contributed by atoms with van der Waals surface area (Å²) in [6, 6.07) is 1.68. The highest BCUT2D eigenvalue weighted by atomic mass is 32.2. The Balaban J connectivity index is 2.41. The fourth-order valence-electron chi connectivity index (χ4n) is 1.40. The maximum atomic E-state index is 11.5. The zero-order valence-corrected chi connectivity index (χ0v) is 10.9. The van der Waals surface area contributed by atoms with Gasteiger partial charge in [-0.2, -0.15) is 0 Å². The predicted molar refractivity (Wildman–Crippen MR) is 67.0 cm³/mol. The summed E-state index contributed by atoms with van der Waals surface area (Å²) in [5, 5.41) is 2.50. The van der Waals surface area contributed by atoms with Crippen molar-refractivity contribution >= 4 is 44.0 Å². The van der Waals surface area contributed by atoms with Crippen LogP contribution in [0.5, 0.6) is 0 Å². The molecule has 4 nitrogen and oxygen atoms in total. The highest BCUT2D eigenvalue weighted by Crippen LogP contribution is 2.34. The number of methoxy groups -OCH3 is 1. The van der Waals surface area contributed by atoms with Gasteiger partial charge in [-0.05, 0) is 13.0 Å². The van der Waals surface area contributed by atoms with Crippen LogP contribution in [0.25, 0.3) is 9.40 Å². The number of carbonyl (C=O) groups is 2. The van der Waals surface area contributed by atoms with Crippen molar-refractivity contribution in [2.45, 2.75) is 6.92 Å². The number of rotatable bonds is 3. The van der Waals surface area contributed by atoms with E-state index in [-0.39, 0.29) is 11.9 Å². The van der Waals surface area contributed by atoms with Gasteiger partial charge in [-0.1, -0.05) is 0 Å². The molecule has 2 rings (SSSR count). The molecule has 0 atom stereocenters. The average molecular weight is 270 g/mol. The molecule has 0 N–H and O–H groups in total. The lowest BCUT2D eigenvalue weighted by molar-refractivity contribution is 0.0530. The van der Waals surface area contributed by atoms with E-state index in [1.165, 1.54) is 29.8 Å². The zero-order chi connectivity index (χ0) is 12.4. The minimum absolute atomic E-state index is 0.342. The first-order valence-corrected chi connectivity index (χ1v) is 6.63. The number of hydrogen-bond acceptors (Lipinski definition) is 6. The molecular weight excluding hydrogens is 260 g/mol. The molecule has 0 aliphatic carbocycles. The van der Waals surface area contributed by atoms with E-state index >= 15 is 0 Å². The molecule has 0 unspecified atom stereocenters. The first-order valence-electron chi connectivity index (χ1n) is 4.93. The Morgan fingerprint density at radius 3 is 2.76 bits per heavy atom. The Morgan fingerprint density at radius 1 is 1.35 bits per heavy atom. The van der Waals surface area contributed by atoms with Crippen LogP contribution in [0.2, 0.25) is 0 Å². The van der Waals surface area contributed by atoms with Gasteiger partial charge >= 0.3 is 11.9 Å². The van der Waals surface area contributed by atoms with Crippen molar-refractivity contribution < 1.29 is 19.1 Å². The normalized spacial score (nSPS) is 10.5. The molecule has 0 radical (unpaired) electrons. The van der Waals surface area contributed by atoms with E-state index in [4.69, 9.17) is 4.74 Å². The molecule has 0 amide bonds. The molecule has 0 saturated heterocycles. The monoisotopic (exact) mass is 270 g/mol. The number of carbonyl (C=O) groups excluding carboxylic acids is 2. The van der Waals surface area contributed by atoms with E-state index < -0.39 is 0 Å². The molecule has 2 aromatic heterocycles. The molecule has 90 valence electrons. The molecule has 0 spiro atoms. The minimum atomic E-state index is -0.385. The summed E-state index contributed by atoms with van der Waals surface area (Å²) >= 11 is 2.75. The maximum Gasteiger partial charge on any atom is 0.348 e. The second kappa shape index (κ2) is 4.85. The Kier molecular flexibility index (Phi) is 3.44. The fourth-order valence-corrected chi connectivity index (χ4v) is 3.54. The number of fused-ring (bicyclic) bond motifs is 1. The van der Waals surface area contributed by atoms with Gasteiger partial charge in [0.1, 0.15) is 4.88 Å². The van der Waals surface area contributed by atoms with E-state index in [0.29, 0.717) is 17.0 Å². The first-order chi connectivity index (χ1) is 8.17. The Morgan fingerprint density at radius 2 is 2.12 bits per heavy atom. The van der Waals surface area contributed by atoms with E-state index in [9.17, 15) is 9.59 Å². The van der Waals surface area contributed by atoms with Crippen LogP contribution in [-0.2, 0) is 9.47 Å². The molecule has 0 bridgehead atoms. The Hall–Kier alpha value is -1.40. The van der Waals surface area contributed by atoms with E-state index in [0.717, 1.165) is 9.40 Å². The lowest BCUT2D eigenvalue weighted by Gasteiger charge is -1.96. The van der Waals surface area contributed by atoms with Crippen LogP contribution < -0.4 is 0 Å². The third-order valence-electron chi connectivity index (χ3n) is 2.15. The van der Waals surface area contributed by atoms with Crippen LogP contribution in [0.15, 0.2) is 11.4 Å². The molecule has 2 heterocycles. The molecule has 0 aliphatic heterocycles. The molecule has 0 saturated carbocycles. The summed E-state index contributed by atoms with van der Waals surface area (Å²) < 4.78 is 10.5. The van der Waals surface area contributed by atoms with Crippen LogP contribution >= 0.6 is 22.7 Å². The van der Waals surface area contributed by atoms with Gasteiger partial charge in [0, 0.05) is 10.8 Å². The largest absolute Gasteiger partial charge is 0.465 e. The third-order valence-corrected chi connectivity index (χ3v) is 4.39. The van der Waals surface area contributed by atoms with Gasteiger partial charge in [-0.25, -0.2) is 9.59 Å². The summed E-state index contributed by atoms with van der Waals surface area (Å²) in [5.41, 5.74) is 0.499. The summed E-state index contributed by atoms with van der Waals surface area (Å²) in [5.74, 6) is -0.735. The van der Waals surface area contributed by atoms with Crippen molar-refractivity contribution in [2.24, 2.45) is 0 Å². The first kappa shape index (κ1) is 12.1. The van der Waals surface area contributed by atoms with Gasteiger partial charge in [-0.3, -0.25) is 0 Å². The number of esters is 2. The molecule has 0 aromatic carbocycles. The summed E-state index contributed by atoms with van der Waals surface area (Å²) in [4.78, 5) is 23.5. The highest BCUT2D eigenvalue weighted by molar-refractivity contribution is 7.38. The summed E-state index contributed by atoms with van der Waals surface area (Å²) in [7, 11) is 1.34. The highest BCUT2D eigenvalue weighted by Gasteiger charge is 2.18. The fraction of sp³-hybridized carbons (Fsp3) is 0.273. The average Bonchev–Trinajstić information content (AvgIpc) is 2.87. The van der Waals surface area contributed by atoms with Gasteiger partial charge in [-0.15, -0.1) is 22.7 Å². The Bertz CT molecular complexity index is 567. The standard InChI is InChI=1S/C11H10O4S2/c1-3-15-10(13)8-4-6-7(9(12)14-2)5-16-11(6)17-8/h4-5H,3H2,1-2H3. The Labute approximate surface area is 106 Å². The molecule has 2 aromatic rings. The lowest BCUT2D eigenvalue weighted by atomic mass is 10.2. The van der Waals surface area contributed by atoms with Crippen molar-refractivity contribution in [2.75, 3.05) is 13.7 Å². The molecule has 17 heavy (non-hydrogen) atoms. The zero-order valence-electron chi connectivity index (χ0n) is 9.31. The number of hydrogen-bond donors (Lipinski definition) is 0. The quantitative estimate of drug-likeness (QED) is 0.805. The summed E-state index contributed by atoms with van der Waals surface area (Å²) in [6.45, 7) is 2.10. The van der Waals surface area contributed by atoms with Crippen molar-refractivity contribution in [3.63, 3.8) is 0 Å². The topological polar surface area (TPSA) is 52.6 Å². The maximum absolute atomic E-state index is 11.5. The van der Waals surface area contributed by atoms with Crippen molar-refractivity contribution in [1.82, 2.24) is 0 Å². The minimum Gasteiger partial charge on any atom is -0.465 e. The van der Waals surface area contributed by atoms with Gasteiger partial charge in [0.2, 0.25) is 0 Å². The van der Waals surface area contributed by atoms with Gasteiger partial charge in [0.25, 0.3) is 0 Å². The predicted octanol–water partition coefficient (Wildman–Crippen LogP) is 2.93. The second-order valence-electron chi connectivity index (χ2n) is 3.17. The van der Waals surface area contributed by atoms with E-state index in [1.54, 1.807) is 18.4 Å². The van der Waals surface area contributed by atoms with Crippen molar-refractivity contribution in [3.05, 3.63) is 21.9 Å². The van der Waals surface area contributed by atoms with Gasteiger partial charge < -0.3 is 9.47 Å². The van der Waals surface area contributed by atoms with Crippen molar-refractivity contribution in [1.29, 1.82) is 0 Å². The van der Waals surface area contributed by atoms with Gasteiger partial charge in [0.15, 0.2) is 0 Å². The van der Waals surface area contributed by atoms with Crippen molar-refractivity contribution in [3.8, 4) is 0 Å². The summed E-state index contributed by atoms with van der Waals surface area (Å²) in [6.07, 6.45) is 0. The number of ether oxygens (including phenoxy) is 2. The van der Waals surface area contributed by atoms with Crippen LogP contribution in [0.3, 0.4) is 0 Å². The second-order valence-corrected chi connectivity index (χ2v) is 5.36. The third kappa shape index (κ3) is 2.18. The molecule has 0 aliphatic rings. The smallest absolute Gasteiger partial charge is 0.348 e. The van der Waals surface area contributed by atoms with Crippen LogP contribution in [0, 0.1) is 0 Å².